The molecule has 3 nitrogen and oxygen atoms in total. The van der Waals surface area contributed by atoms with Gasteiger partial charge in [-0.25, -0.2) is 8.42 Å². The first kappa shape index (κ1) is 11.7. The zero-order valence-electron chi connectivity index (χ0n) is 9.42. The minimum absolute atomic E-state index is 0.317. The second kappa shape index (κ2) is 4.22. The summed E-state index contributed by atoms with van der Waals surface area (Å²) in [5.74, 6) is 0. The Hall–Kier alpha value is -1.81. The average Bonchev–Trinajstić information content (AvgIpc) is 2.28. The Balaban J connectivity index is 2.54. The maximum Gasteiger partial charge on any atom is 0.175 e. The normalized spacial score (nSPS) is 11.4. The molecule has 0 bridgehead atoms. The maximum atomic E-state index is 11.5. The van der Waals surface area contributed by atoms with Crippen molar-refractivity contribution in [2.75, 3.05) is 12.0 Å². The minimum Gasteiger partial charge on any atom is -0.399 e. The highest BCUT2D eigenvalue weighted by atomic mass is 32.2. The molecule has 0 amide bonds. The van der Waals surface area contributed by atoms with Crippen LogP contribution in [0.3, 0.4) is 0 Å². The molecule has 4 heteroatoms. The number of hydrogen-bond acceptors (Lipinski definition) is 3. The predicted octanol–water partition coefficient (Wildman–Crippen LogP) is 2.34. The van der Waals surface area contributed by atoms with Gasteiger partial charge in [-0.3, -0.25) is 0 Å². The quantitative estimate of drug-likeness (QED) is 0.829. The van der Waals surface area contributed by atoms with Gasteiger partial charge in [0.25, 0.3) is 0 Å². The summed E-state index contributed by atoms with van der Waals surface area (Å²) in [4.78, 5) is 0.317. The number of nitrogen functional groups attached to an aromatic ring is 1. The number of sulfone groups is 1. The third kappa shape index (κ3) is 2.65. The van der Waals surface area contributed by atoms with Crippen molar-refractivity contribution in [3.05, 3.63) is 48.5 Å². The van der Waals surface area contributed by atoms with Crippen molar-refractivity contribution in [3.8, 4) is 11.1 Å². The molecule has 0 aromatic heterocycles. The largest absolute Gasteiger partial charge is 0.399 e. The Morgan fingerprint density at radius 1 is 0.941 bits per heavy atom. The van der Waals surface area contributed by atoms with Crippen LogP contribution in [0.2, 0.25) is 0 Å². The summed E-state index contributed by atoms with van der Waals surface area (Å²) in [6, 6.07) is 14.2. The van der Waals surface area contributed by atoms with Crippen LogP contribution >= 0.6 is 0 Å². The van der Waals surface area contributed by atoms with E-state index in [1.165, 1.54) is 6.26 Å². The van der Waals surface area contributed by atoms with Crippen LogP contribution in [-0.4, -0.2) is 14.7 Å². The van der Waals surface area contributed by atoms with Crippen molar-refractivity contribution in [3.63, 3.8) is 0 Å². The molecule has 0 saturated carbocycles. The van der Waals surface area contributed by atoms with E-state index in [1.807, 2.05) is 24.3 Å². The van der Waals surface area contributed by atoms with E-state index < -0.39 is 9.84 Å². The molecule has 0 fully saturated rings. The minimum atomic E-state index is -3.17. The van der Waals surface area contributed by atoms with Gasteiger partial charge >= 0.3 is 0 Å². The monoisotopic (exact) mass is 247 g/mol. The molecular formula is C13H13NO2S. The molecule has 2 aromatic carbocycles. The summed E-state index contributed by atoms with van der Waals surface area (Å²) < 4.78 is 22.9. The molecule has 0 atom stereocenters. The molecule has 2 N–H and O–H groups in total. The molecule has 88 valence electrons. The average molecular weight is 247 g/mol. The van der Waals surface area contributed by atoms with Gasteiger partial charge in [-0.1, -0.05) is 24.3 Å². The fourth-order valence-corrected chi connectivity index (χ4v) is 2.29. The lowest BCUT2D eigenvalue weighted by Gasteiger charge is -2.05. The molecule has 2 rings (SSSR count). The molecular weight excluding hydrogens is 234 g/mol. The summed E-state index contributed by atoms with van der Waals surface area (Å²) in [7, 11) is -3.17. The zero-order chi connectivity index (χ0) is 12.5. The van der Waals surface area contributed by atoms with Gasteiger partial charge in [0.05, 0.1) is 4.90 Å². The molecule has 17 heavy (non-hydrogen) atoms. The van der Waals surface area contributed by atoms with Crippen molar-refractivity contribution in [2.45, 2.75) is 4.90 Å². The van der Waals surface area contributed by atoms with Crippen LogP contribution in [0.25, 0.3) is 11.1 Å². The molecule has 0 aliphatic heterocycles. The fraction of sp³-hybridized carbons (Fsp3) is 0.0769. The number of hydrogen-bond donors (Lipinski definition) is 1. The van der Waals surface area contributed by atoms with E-state index in [1.54, 1.807) is 24.3 Å². The first-order valence-corrected chi connectivity index (χ1v) is 7.02. The van der Waals surface area contributed by atoms with Crippen molar-refractivity contribution in [1.82, 2.24) is 0 Å². The Labute approximate surface area is 101 Å². The maximum absolute atomic E-state index is 11.5. The fourth-order valence-electron chi connectivity index (χ4n) is 1.62. The number of anilines is 1. The molecule has 0 aliphatic carbocycles. The van der Waals surface area contributed by atoms with Crippen LogP contribution in [0.1, 0.15) is 0 Å². The number of rotatable bonds is 2. The van der Waals surface area contributed by atoms with E-state index in [0.29, 0.717) is 10.6 Å². The van der Waals surface area contributed by atoms with Gasteiger partial charge in [-0.2, -0.15) is 0 Å². The summed E-state index contributed by atoms with van der Waals surface area (Å²) in [5.41, 5.74) is 8.12. The van der Waals surface area contributed by atoms with Crippen LogP contribution in [0, 0.1) is 0 Å². The third-order valence-corrected chi connectivity index (χ3v) is 3.59. The van der Waals surface area contributed by atoms with Crippen LogP contribution in [-0.2, 0) is 9.84 Å². The highest BCUT2D eigenvalue weighted by Gasteiger charge is 2.08. The Morgan fingerprint density at radius 2 is 1.53 bits per heavy atom. The van der Waals surface area contributed by atoms with Gasteiger partial charge < -0.3 is 5.73 Å². The summed E-state index contributed by atoms with van der Waals surface area (Å²) in [6.45, 7) is 0. The molecule has 0 radical (unpaired) electrons. The van der Waals surface area contributed by atoms with Gasteiger partial charge in [-0.05, 0) is 35.4 Å². The van der Waals surface area contributed by atoms with Gasteiger partial charge in [-0.15, -0.1) is 0 Å². The first-order chi connectivity index (χ1) is 7.97. The highest BCUT2D eigenvalue weighted by Crippen LogP contribution is 2.23. The summed E-state index contributed by atoms with van der Waals surface area (Å²) in [6.07, 6.45) is 1.20. The molecule has 0 heterocycles. The van der Waals surface area contributed by atoms with E-state index in [4.69, 9.17) is 5.73 Å². The second-order valence-corrected chi connectivity index (χ2v) is 5.94. The van der Waals surface area contributed by atoms with Crippen LogP contribution in [0.5, 0.6) is 0 Å². The zero-order valence-corrected chi connectivity index (χ0v) is 10.2. The Bertz CT molecular complexity index is 648. The first-order valence-electron chi connectivity index (χ1n) is 5.13. The molecule has 0 saturated heterocycles. The van der Waals surface area contributed by atoms with E-state index in [9.17, 15) is 8.42 Å². The predicted molar refractivity (Wildman–Crippen MR) is 69.4 cm³/mol. The summed E-state index contributed by atoms with van der Waals surface area (Å²) in [5, 5.41) is 0. The van der Waals surface area contributed by atoms with Crippen LogP contribution in [0.15, 0.2) is 53.4 Å². The lowest BCUT2D eigenvalue weighted by molar-refractivity contribution is 0.602. The Morgan fingerprint density at radius 3 is 2.12 bits per heavy atom. The van der Waals surface area contributed by atoms with E-state index in [-0.39, 0.29) is 0 Å². The number of nitrogens with two attached hydrogens (primary N) is 1. The van der Waals surface area contributed by atoms with Gasteiger partial charge in [0.2, 0.25) is 0 Å². The van der Waals surface area contributed by atoms with E-state index in [0.717, 1.165) is 11.1 Å². The molecule has 0 unspecified atom stereocenters. The SMILES string of the molecule is CS(=O)(=O)c1cccc(-c2cccc(N)c2)c1. The number of benzene rings is 2. The second-order valence-electron chi connectivity index (χ2n) is 3.93. The van der Waals surface area contributed by atoms with Crippen molar-refractivity contribution in [2.24, 2.45) is 0 Å². The van der Waals surface area contributed by atoms with Gasteiger partial charge in [0.15, 0.2) is 9.84 Å². The van der Waals surface area contributed by atoms with Crippen molar-refractivity contribution >= 4 is 15.5 Å². The molecule has 2 aromatic rings. The lowest BCUT2D eigenvalue weighted by atomic mass is 10.1. The van der Waals surface area contributed by atoms with Crippen LogP contribution in [0.4, 0.5) is 5.69 Å². The van der Waals surface area contributed by atoms with E-state index in [2.05, 4.69) is 0 Å². The molecule has 0 aliphatic rings. The van der Waals surface area contributed by atoms with Crippen molar-refractivity contribution in [1.29, 1.82) is 0 Å². The van der Waals surface area contributed by atoms with E-state index >= 15 is 0 Å². The third-order valence-electron chi connectivity index (χ3n) is 2.48. The van der Waals surface area contributed by atoms with Crippen LogP contribution < -0.4 is 5.73 Å². The lowest BCUT2D eigenvalue weighted by Crippen LogP contribution is -1.96. The van der Waals surface area contributed by atoms with Gasteiger partial charge in [0.1, 0.15) is 0 Å². The Kier molecular flexibility index (Phi) is 2.90. The van der Waals surface area contributed by atoms with Gasteiger partial charge in [0, 0.05) is 11.9 Å². The smallest absolute Gasteiger partial charge is 0.175 e. The highest BCUT2D eigenvalue weighted by molar-refractivity contribution is 7.90. The molecule has 0 spiro atoms. The standard InChI is InChI=1S/C13H13NO2S/c1-17(15,16)13-7-3-5-11(9-13)10-4-2-6-12(14)8-10/h2-9H,14H2,1H3. The van der Waals surface area contributed by atoms with Crippen molar-refractivity contribution < 1.29 is 8.42 Å². The topological polar surface area (TPSA) is 60.2 Å². The summed E-state index contributed by atoms with van der Waals surface area (Å²) >= 11 is 0.